The average Bonchev–Trinajstić information content (AvgIpc) is 2.71. The van der Waals surface area contributed by atoms with Crippen molar-refractivity contribution in [2.24, 2.45) is 5.73 Å². The standard InChI is InChI=1S/C11H12N2.ClH/c12-9-10-3-5-11(6-4-10)13-7-1-2-8-13;/h1-8H,9,12H2;1H. The van der Waals surface area contributed by atoms with E-state index < -0.39 is 0 Å². The number of aromatic nitrogens is 1. The van der Waals surface area contributed by atoms with Gasteiger partial charge in [-0.15, -0.1) is 12.4 Å². The van der Waals surface area contributed by atoms with E-state index >= 15 is 0 Å². The zero-order chi connectivity index (χ0) is 9.10. The van der Waals surface area contributed by atoms with Crippen LogP contribution in [0.4, 0.5) is 0 Å². The Balaban J connectivity index is 0.000000980. The van der Waals surface area contributed by atoms with Crippen molar-refractivity contribution in [3.63, 3.8) is 0 Å². The molecule has 1 heterocycles. The first-order valence-electron chi connectivity index (χ1n) is 4.32. The van der Waals surface area contributed by atoms with Gasteiger partial charge in [-0.3, -0.25) is 0 Å². The fourth-order valence-electron chi connectivity index (χ4n) is 1.31. The van der Waals surface area contributed by atoms with Crippen LogP contribution in [0.1, 0.15) is 5.56 Å². The van der Waals surface area contributed by atoms with Gasteiger partial charge in [0.25, 0.3) is 0 Å². The lowest BCUT2D eigenvalue weighted by Gasteiger charge is -2.03. The molecule has 0 saturated carbocycles. The summed E-state index contributed by atoms with van der Waals surface area (Å²) in [5, 5.41) is 0. The minimum atomic E-state index is 0. The summed E-state index contributed by atoms with van der Waals surface area (Å²) in [6.45, 7) is 0.603. The van der Waals surface area contributed by atoms with Gasteiger partial charge in [0.05, 0.1) is 0 Å². The zero-order valence-electron chi connectivity index (χ0n) is 7.76. The maximum Gasteiger partial charge on any atom is 0.0449 e. The molecule has 1 aromatic carbocycles. The summed E-state index contributed by atoms with van der Waals surface area (Å²) in [6, 6.07) is 12.3. The third-order valence-electron chi connectivity index (χ3n) is 2.07. The van der Waals surface area contributed by atoms with E-state index in [-0.39, 0.29) is 12.4 Å². The lowest BCUT2D eigenvalue weighted by molar-refractivity contribution is 1.05. The summed E-state index contributed by atoms with van der Waals surface area (Å²) in [5.41, 5.74) is 7.84. The molecule has 2 rings (SSSR count). The Bertz CT molecular complexity index is 365. The van der Waals surface area contributed by atoms with Gasteiger partial charge in [-0.05, 0) is 29.8 Å². The Morgan fingerprint density at radius 3 is 2.07 bits per heavy atom. The number of benzene rings is 1. The van der Waals surface area contributed by atoms with Crippen LogP contribution < -0.4 is 5.73 Å². The molecular weight excluding hydrogens is 196 g/mol. The molecule has 1 aromatic heterocycles. The van der Waals surface area contributed by atoms with Crippen LogP contribution >= 0.6 is 12.4 Å². The van der Waals surface area contributed by atoms with Gasteiger partial charge in [0.1, 0.15) is 0 Å². The number of hydrogen-bond donors (Lipinski definition) is 1. The van der Waals surface area contributed by atoms with Crippen molar-refractivity contribution in [2.45, 2.75) is 6.54 Å². The fourth-order valence-corrected chi connectivity index (χ4v) is 1.31. The van der Waals surface area contributed by atoms with Crippen LogP contribution in [0, 0.1) is 0 Å². The topological polar surface area (TPSA) is 30.9 Å². The Morgan fingerprint density at radius 1 is 1.00 bits per heavy atom. The lowest BCUT2D eigenvalue weighted by Crippen LogP contribution is -1.96. The van der Waals surface area contributed by atoms with Crippen LogP contribution in [0.5, 0.6) is 0 Å². The number of rotatable bonds is 2. The molecule has 74 valence electrons. The summed E-state index contributed by atoms with van der Waals surface area (Å²) in [7, 11) is 0. The van der Waals surface area contributed by atoms with E-state index in [2.05, 4.69) is 28.8 Å². The van der Waals surface area contributed by atoms with Gasteiger partial charge in [-0.25, -0.2) is 0 Å². The van der Waals surface area contributed by atoms with Crippen molar-refractivity contribution in [1.29, 1.82) is 0 Å². The molecule has 3 heteroatoms. The Kier molecular flexibility index (Phi) is 3.74. The van der Waals surface area contributed by atoms with Crippen molar-refractivity contribution in [3.05, 3.63) is 54.4 Å². The highest BCUT2D eigenvalue weighted by atomic mass is 35.5. The zero-order valence-corrected chi connectivity index (χ0v) is 8.58. The van der Waals surface area contributed by atoms with Gasteiger partial charge < -0.3 is 10.3 Å². The first-order chi connectivity index (χ1) is 6.40. The molecule has 0 saturated heterocycles. The minimum Gasteiger partial charge on any atom is -0.326 e. The average molecular weight is 209 g/mol. The third kappa shape index (κ3) is 2.16. The monoisotopic (exact) mass is 208 g/mol. The van der Waals surface area contributed by atoms with Gasteiger partial charge in [0, 0.05) is 24.6 Å². The summed E-state index contributed by atoms with van der Waals surface area (Å²) < 4.78 is 2.07. The van der Waals surface area contributed by atoms with Crippen molar-refractivity contribution in [3.8, 4) is 5.69 Å². The van der Waals surface area contributed by atoms with E-state index in [1.165, 1.54) is 5.69 Å². The van der Waals surface area contributed by atoms with Crippen molar-refractivity contribution < 1.29 is 0 Å². The van der Waals surface area contributed by atoms with Crippen LogP contribution in [-0.4, -0.2) is 4.57 Å². The minimum absolute atomic E-state index is 0. The molecule has 0 unspecified atom stereocenters. The highest BCUT2D eigenvalue weighted by molar-refractivity contribution is 5.85. The van der Waals surface area contributed by atoms with E-state index in [0.29, 0.717) is 6.54 Å². The van der Waals surface area contributed by atoms with Crippen LogP contribution in [-0.2, 0) is 6.54 Å². The third-order valence-corrected chi connectivity index (χ3v) is 2.07. The fraction of sp³-hybridized carbons (Fsp3) is 0.0909. The van der Waals surface area contributed by atoms with E-state index in [9.17, 15) is 0 Å². The van der Waals surface area contributed by atoms with E-state index in [0.717, 1.165) is 5.56 Å². The predicted molar refractivity (Wildman–Crippen MR) is 60.9 cm³/mol. The molecule has 0 aliphatic carbocycles. The predicted octanol–water partition coefficient (Wildman–Crippen LogP) is 2.36. The number of hydrogen-bond acceptors (Lipinski definition) is 1. The summed E-state index contributed by atoms with van der Waals surface area (Å²) in [5.74, 6) is 0. The molecular formula is C11H13ClN2. The number of halogens is 1. The second kappa shape index (κ2) is 4.84. The van der Waals surface area contributed by atoms with Crippen LogP contribution in [0.25, 0.3) is 5.69 Å². The second-order valence-corrected chi connectivity index (χ2v) is 2.96. The molecule has 2 aromatic rings. The Hall–Kier alpha value is -1.25. The lowest BCUT2D eigenvalue weighted by atomic mass is 10.2. The van der Waals surface area contributed by atoms with Crippen LogP contribution in [0.15, 0.2) is 48.8 Å². The molecule has 14 heavy (non-hydrogen) atoms. The smallest absolute Gasteiger partial charge is 0.0449 e. The first kappa shape index (κ1) is 10.8. The van der Waals surface area contributed by atoms with Crippen molar-refractivity contribution >= 4 is 12.4 Å². The van der Waals surface area contributed by atoms with Gasteiger partial charge in [0.2, 0.25) is 0 Å². The molecule has 0 radical (unpaired) electrons. The summed E-state index contributed by atoms with van der Waals surface area (Å²) in [4.78, 5) is 0. The Labute approximate surface area is 89.8 Å². The van der Waals surface area contributed by atoms with Gasteiger partial charge in [-0.1, -0.05) is 12.1 Å². The summed E-state index contributed by atoms with van der Waals surface area (Å²) in [6.07, 6.45) is 4.05. The quantitative estimate of drug-likeness (QED) is 0.807. The van der Waals surface area contributed by atoms with Crippen LogP contribution in [0.3, 0.4) is 0 Å². The highest BCUT2D eigenvalue weighted by Crippen LogP contribution is 2.09. The molecule has 0 aliphatic heterocycles. The highest BCUT2D eigenvalue weighted by Gasteiger charge is 1.93. The SMILES string of the molecule is Cl.NCc1ccc(-n2cccc2)cc1. The maximum absolute atomic E-state index is 5.51. The molecule has 0 spiro atoms. The molecule has 0 bridgehead atoms. The Morgan fingerprint density at radius 2 is 1.57 bits per heavy atom. The molecule has 0 aliphatic rings. The van der Waals surface area contributed by atoms with Crippen LogP contribution in [0.2, 0.25) is 0 Å². The van der Waals surface area contributed by atoms with E-state index in [1.807, 2.05) is 24.5 Å². The first-order valence-corrected chi connectivity index (χ1v) is 4.32. The van der Waals surface area contributed by atoms with E-state index in [1.54, 1.807) is 0 Å². The second-order valence-electron chi connectivity index (χ2n) is 2.96. The van der Waals surface area contributed by atoms with E-state index in [4.69, 9.17) is 5.73 Å². The molecule has 2 nitrogen and oxygen atoms in total. The number of nitrogens with two attached hydrogens (primary N) is 1. The molecule has 2 N–H and O–H groups in total. The van der Waals surface area contributed by atoms with Gasteiger partial charge >= 0.3 is 0 Å². The maximum atomic E-state index is 5.51. The molecule has 0 amide bonds. The van der Waals surface area contributed by atoms with Gasteiger partial charge in [0.15, 0.2) is 0 Å². The van der Waals surface area contributed by atoms with Crippen molar-refractivity contribution in [1.82, 2.24) is 4.57 Å². The molecule has 0 fully saturated rings. The number of nitrogens with zero attached hydrogens (tertiary/aromatic N) is 1. The van der Waals surface area contributed by atoms with Crippen molar-refractivity contribution in [2.75, 3.05) is 0 Å². The normalized spacial score (nSPS) is 9.50. The largest absolute Gasteiger partial charge is 0.326 e. The summed E-state index contributed by atoms with van der Waals surface area (Å²) >= 11 is 0. The molecule has 0 atom stereocenters. The van der Waals surface area contributed by atoms with Gasteiger partial charge in [-0.2, -0.15) is 0 Å².